The zero-order valence-electron chi connectivity index (χ0n) is 13.8. The number of aromatic nitrogens is 2. The van der Waals surface area contributed by atoms with Crippen LogP contribution in [-0.2, 0) is 4.79 Å². The number of rotatable bonds is 2. The molecule has 5 heteroatoms. The average Bonchev–Trinajstić information content (AvgIpc) is 3.00. The Hall–Kier alpha value is -2.58. The lowest BCUT2D eigenvalue weighted by Crippen LogP contribution is -2.37. The van der Waals surface area contributed by atoms with Crippen molar-refractivity contribution in [1.82, 2.24) is 9.97 Å². The first kappa shape index (κ1) is 15.3. The maximum Gasteiger partial charge on any atom is 0.270 e. The summed E-state index contributed by atoms with van der Waals surface area (Å²) in [7, 11) is -1.48. The monoisotopic (exact) mass is 321 g/mol. The van der Waals surface area contributed by atoms with E-state index >= 15 is 0 Å². The lowest BCUT2D eigenvalue weighted by molar-refractivity contribution is -0.112. The topological polar surface area (TPSA) is 49.0 Å². The minimum Gasteiger partial charge on any atom is -0.345 e. The Bertz CT molecular complexity index is 865. The van der Waals surface area contributed by atoms with E-state index in [1.54, 1.807) is 6.33 Å². The molecule has 2 heterocycles. The van der Waals surface area contributed by atoms with E-state index in [1.807, 2.05) is 19.1 Å². The van der Waals surface area contributed by atoms with Gasteiger partial charge in [-0.05, 0) is 19.1 Å². The zero-order valence-corrected chi connectivity index (χ0v) is 14.8. The van der Waals surface area contributed by atoms with Crippen LogP contribution in [0.1, 0.15) is 17.0 Å². The van der Waals surface area contributed by atoms with Crippen LogP contribution in [0.3, 0.4) is 0 Å². The maximum atomic E-state index is 12.7. The van der Waals surface area contributed by atoms with Crippen LogP contribution in [0.15, 0.2) is 24.5 Å². The van der Waals surface area contributed by atoms with Gasteiger partial charge in [0.15, 0.2) is 0 Å². The summed E-state index contributed by atoms with van der Waals surface area (Å²) in [6.07, 6.45) is 9.01. The summed E-state index contributed by atoms with van der Waals surface area (Å²) in [6.45, 7) is 8.76. The van der Waals surface area contributed by atoms with E-state index in [-0.39, 0.29) is 5.91 Å². The molecule has 1 N–H and O–H groups in total. The molecule has 0 fully saturated rings. The average molecular weight is 321 g/mol. The molecule has 0 radical (unpaired) electrons. The van der Waals surface area contributed by atoms with Crippen molar-refractivity contribution >= 4 is 36.5 Å². The molecule has 1 aromatic carbocycles. The molecular weight excluding hydrogens is 302 g/mol. The standard InChI is InChI=1S/C18H19N3OSi/c1-6-21-17-8-7-13(23(3,4)5)9-14(17)15(18(21)22)10-16-12(2)19-11-20-16/h1,7-11H,2-5H3,(H,19,20). The number of carbonyl (C=O) groups excluding carboxylic acids is 1. The number of nitrogens with zero attached hydrogens (tertiary/aromatic N) is 2. The van der Waals surface area contributed by atoms with Crippen molar-refractivity contribution in [3.8, 4) is 12.5 Å². The zero-order chi connectivity index (χ0) is 16.8. The number of anilines is 1. The van der Waals surface area contributed by atoms with Gasteiger partial charge in [-0.3, -0.25) is 4.79 Å². The van der Waals surface area contributed by atoms with Gasteiger partial charge in [-0.1, -0.05) is 43.4 Å². The largest absolute Gasteiger partial charge is 0.345 e. The number of hydrogen-bond acceptors (Lipinski definition) is 2. The summed E-state index contributed by atoms with van der Waals surface area (Å²) in [5, 5.41) is 1.30. The number of aryl methyl sites for hydroxylation is 1. The highest BCUT2D eigenvalue weighted by molar-refractivity contribution is 6.88. The molecule has 0 unspecified atom stereocenters. The molecule has 1 aliphatic rings. The quantitative estimate of drug-likeness (QED) is 0.525. The summed E-state index contributed by atoms with van der Waals surface area (Å²) in [5.41, 5.74) is 3.99. The molecule has 1 aromatic heterocycles. The second-order valence-corrected chi connectivity index (χ2v) is 11.8. The molecule has 116 valence electrons. The predicted octanol–water partition coefficient (Wildman–Crippen LogP) is 2.74. The van der Waals surface area contributed by atoms with Gasteiger partial charge in [0.2, 0.25) is 0 Å². The van der Waals surface area contributed by atoms with Gasteiger partial charge in [-0.25, -0.2) is 9.88 Å². The first-order valence-corrected chi connectivity index (χ1v) is 11.0. The number of imidazole rings is 1. The van der Waals surface area contributed by atoms with Crippen LogP contribution >= 0.6 is 0 Å². The minimum absolute atomic E-state index is 0.163. The normalized spacial score (nSPS) is 15.9. The highest BCUT2D eigenvalue weighted by Gasteiger charge is 2.33. The van der Waals surface area contributed by atoms with Crippen molar-refractivity contribution in [2.24, 2.45) is 0 Å². The van der Waals surface area contributed by atoms with E-state index in [4.69, 9.17) is 6.42 Å². The van der Waals surface area contributed by atoms with Crippen LogP contribution in [0.25, 0.3) is 11.6 Å². The number of benzene rings is 1. The first-order chi connectivity index (χ1) is 10.8. The Morgan fingerprint density at radius 2 is 2.09 bits per heavy atom. The Morgan fingerprint density at radius 3 is 2.65 bits per heavy atom. The highest BCUT2D eigenvalue weighted by atomic mass is 28.3. The number of carbonyl (C=O) groups is 1. The molecule has 4 nitrogen and oxygen atoms in total. The number of fused-ring (bicyclic) bond motifs is 1. The molecule has 23 heavy (non-hydrogen) atoms. The van der Waals surface area contributed by atoms with E-state index < -0.39 is 8.07 Å². The lowest BCUT2D eigenvalue weighted by Gasteiger charge is -2.18. The molecule has 0 saturated heterocycles. The van der Waals surface area contributed by atoms with Crippen molar-refractivity contribution in [3.05, 3.63) is 41.5 Å². The van der Waals surface area contributed by atoms with Crippen molar-refractivity contribution in [1.29, 1.82) is 0 Å². The second kappa shape index (κ2) is 5.25. The summed E-state index contributed by atoms with van der Waals surface area (Å²) >= 11 is 0. The number of hydrogen-bond donors (Lipinski definition) is 1. The maximum absolute atomic E-state index is 12.7. The molecule has 0 bridgehead atoms. The third-order valence-corrected chi connectivity index (χ3v) is 6.16. The van der Waals surface area contributed by atoms with Crippen LogP contribution in [0.2, 0.25) is 19.6 Å². The number of nitrogens with one attached hydrogen (secondary N) is 1. The van der Waals surface area contributed by atoms with Crippen molar-refractivity contribution in [2.45, 2.75) is 26.6 Å². The third kappa shape index (κ3) is 2.51. The molecule has 0 atom stereocenters. The Kier molecular flexibility index (Phi) is 3.50. The van der Waals surface area contributed by atoms with Crippen molar-refractivity contribution < 1.29 is 4.79 Å². The molecule has 1 aliphatic heterocycles. The highest BCUT2D eigenvalue weighted by Crippen LogP contribution is 2.37. The number of aromatic amines is 1. The van der Waals surface area contributed by atoms with Crippen molar-refractivity contribution in [2.75, 3.05) is 4.90 Å². The van der Waals surface area contributed by atoms with Gasteiger partial charge in [0.25, 0.3) is 5.91 Å². The second-order valence-electron chi connectivity index (χ2n) is 6.71. The first-order valence-electron chi connectivity index (χ1n) is 7.50. The number of terminal acetylenes is 1. The summed E-state index contributed by atoms with van der Waals surface area (Å²) in [6, 6.07) is 8.65. The van der Waals surface area contributed by atoms with Crippen LogP contribution in [0.5, 0.6) is 0 Å². The van der Waals surface area contributed by atoms with E-state index in [0.717, 1.165) is 22.6 Å². The van der Waals surface area contributed by atoms with E-state index in [9.17, 15) is 4.79 Å². The van der Waals surface area contributed by atoms with Gasteiger partial charge in [-0.15, -0.1) is 0 Å². The van der Waals surface area contributed by atoms with Gasteiger partial charge in [-0.2, -0.15) is 0 Å². The fourth-order valence-corrected chi connectivity index (χ4v) is 3.85. The van der Waals surface area contributed by atoms with E-state index in [2.05, 4.69) is 47.8 Å². The molecular formula is C18H19N3OSi. The van der Waals surface area contributed by atoms with Gasteiger partial charge in [0.1, 0.15) is 0 Å². The van der Waals surface area contributed by atoms with Crippen LogP contribution in [-0.4, -0.2) is 23.9 Å². The fraction of sp³-hybridized carbons (Fsp3) is 0.222. The third-order valence-electron chi connectivity index (χ3n) is 4.11. The smallest absolute Gasteiger partial charge is 0.270 e. The fourth-order valence-electron chi connectivity index (χ4n) is 2.69. The molecule has 2 aromatic rings. The van der Waals surface area contributed by atoms with Crippen LogP contribution in [0.4, 0.5) is 5.69 Å². The van der Waals surface area contributed by atoms with Crippen LogP contribution in [0, 0.1) is 19.4 Å². The van der Waals surface area contributed by atoms with E-state index in [0.29, 0.717) is 5.57 Å². The molecule has 0 saturated carbocycles. The Labute approximate surface area is 137 Å². The molecule has 3 rings (SSSR count). The number of amides is 1. The van der Waals surface area contributed by atoms with Gasteiger partial charge >= 0.3 is 0 Å². The molecule has 0 aliphatic carbocycles. The Morgan fingerprint density at radius 1 is 1.35 bits per heavy atom. The van der Waals surface area contributed by atoms with Gasteiger partial charge in [0.05, 0.1) is 37.0 Å². The molecule has 1 amide bonds. The minimum atomic E-state index is -1.48. The Balaban J connectivity index is 2.21. The number of H-pyrrole nitrogens is 1. The SMILES string of the molecule is C#CN1C(=O)C(=Cc2[nH]cnc2C)c2cc([Si](C)(C)C)ccc21. The van der Waals surface area contributed by atoms with Crippen molar-refractivity contribution in [3.63, 3.8) is 0 Å². The van der Waals surface area contributed by atoms with Crippen LogP contribution < -0.4 is 10.1 Å². The van der Waals surface area contributed by atoms with Gasteiger partial charge in [0, 0.05) is 11.6 Å². The molecule has 0 spiro atoms. The lowest BCUT2D eigenvalue weighted by atomic mass is 10.1. The summed E-state index contributed by atoms with van der Waals surface area (Å²) < 4.78 is 0. The van der Waals surface area contributed by atoms with Gasteiger partial charge < -0.3 is 4.98 Å². The van der Waals surface area contributed by atoms with E-state index in [1.165, 1.54) is 10.1 Å². The predicted molar refractivity (Wildman–Crippen MR) is 96.9 cm³/mol. The summed E-state index contributed by atoms with van der Waals surface area (Å²) in [5.74, 6) is -0.163. The summed E-state index contributed by atoms with van der Waals surface area (Å²) in [4.78, 5) is 21.3.